The number of Topliss-reactive ketones (excluding diaryl/α,β-unsaturated/α-hetero) is 2. The monoisotopic (exact) mass is 402 g/mol. The van der Waals surface area contributed by atoms with Gasteiger partial charge in [-0.3, -0.25) is 9.59 Å². The fraction of sp³-hybridized carbons (Fsp3) is 0.565. The molecule has 3 atom stereocenters. The maximum atomic E-state index is 13.2. The van der Waals surface area contributed by atoms with E-state index >= 15 is 0 Å². The van der Waals surface area contributed by atoms with Crippen LogP contribution in [-0.4, -0.2) is 22.8 Å². The zero-order valence-electron chi connectivity index (χ0n) is 16.8. The number of aliphatic hydroxyl groups is 1. The Morgan fingerprint density at radius 1 is 1.07 bits per heavy atom. The lowest BCUT2D eigenvalue weighted by atomic mass is 9.61. The third-order valence-corrected chi connectivity index (χ3v) is 6.64. The molecule has 1 aromatic carbocycles. The first-order valence-electron chi connectivity index (χ1n) is 9.92. The van der Waals surface area contributed by atoms with E-state index in [4.69, 9.17) is 16.3 Å². The first-order valence-corrected chi connectivity index (χ1v) is 10.3. The highest BCUT2D eigenvalue weighted by Crippen LogP contribution is 2.54. The van der Waals surface area contributed by atoms with Crippen LogP contribution in [0.15, 0.2) is 29.5 Å². The molecule has 0 spiro atoms. The number of ether oxygens (including phenoxy) is 1. The van der Waals surface area contributed by atoms with Crippen molar-refractivity contribution in [3.05, 3.63) is 40.1 Å². The maximum Gasteiger partial charge on any atom is 0.163 e. The lowest BCUT2D eigenvalue weighted by Crippen LogP contribution is -2.50. The van der Waals surface area contributed by atoms with Gasteiger partial charge in [0.1, 0.15) is 23.4 Å². The number of halogens is 1. The van der Waals surface area contributed by atoms with Gasteiger partial charge in [-0.05, 0) is 23.3 Å². The third kappa shape index (κ3) is 3.16. The summed E-state index contributed by atoms with van der Waals surface area (Å²) in [5.74, 6) is -0.312. The molecule has 28 heavy (non-hydrogen) atoms. The standard InChI is InChI=1S/C23H27ClO4/c1-22(2)8-14(25)19(15(26)9-22)18-12-6-5-7-13(24)21(12)28-17-11-23(3,4)10-16(27)20(17)18/h5-7,17-18,20,25H,8-11H2,1-4H3/t17-,18+,20+/m1/s1. The Morgan fingerprint density at radius 2 is 1.79 bits per heavy atom. The first-order chi connectivity index (χ1) is 13.0. The van der Waals surface area contributed by atoms with Gasteiger partial charge in [0.05, 0.1) is 10.9 Å². The highest BCUT2D eigenvalue weighted by atomic mass is 35.5. The van der Waals surface area contributed by atoms with Crippen LogP contribution in [0.25, 0.3) is 0 Å². The Hall–Kier alpha value is -1.81. The highest BCUT2D eigenvalue weighted by Gasteiger charge is 2.53. The van der Waals surface area contributed by atoms with Crippen LogP contribution in [-0.2, 0) is 9.59 Å². The summed E-state index contributed by atoms with van der Waals surface area (Å²) in [5, 5.41) is 11.3. The zero-order valence-corrected chi connectivity index (χ0v) is 17.6. The predicted molar refractivity (Wildman–Crippen MR) is 108 cm³/mol. The second-order valence-corrected chi connectivity index (χ2v) is 10.5. The molecule has 3 aliphatic rings. The Kier molecular flexibility index (Phi) is 4.42. The molecule has 4 nitrogen and oxygen atoms in total. The minimum Gasteiger partial charge on any atom is -0.512 e. The molecule has 0 bridgehead atoms. The van der Waals surface area contributed by atoms with E-state index in [1.807, 2.05) is 26.0 Å². The van der Waals surface area contributed by atoms with E-state index in [9.17, 15) is 14.7 Å². The quantitative estimate of drug-likeness (QED) is 0.683. The van der Waals surface area contributed by atoms with Crippen LogP contribution >= 0.6 is 11.6 Å². The molecular weight excluding hydrogens is 376 g/mol. The van der Waals surface area contributed by atoms with Crippen LogP contribution in [0, 0.1) is 16.7 Å². The van der Waals surface area contributed by atoms with Gasteiger partial charge < -0.3 is 9.84 Å². The van der Waals surface area contributed by atoms with Gasteiger partial charge in [-0.15, -0.1) is 0 Å². The van der Waals surface area contributed by atoms with Gasteiger partial charge in [-0.2, -0.15) is 0 Å². The lowest BCUT2D eigenvalue weighted by molar-refractivity contribution is -0.135. The van der Waals surface area contributed by atoms with E-state index < -0.39 is 11.8 Å². The van der Waals surface area contributed by atoms with Gasteiger partial charge in [0.15, 0.2) is 5.78 Å². The van der Waals surface area contributed by atoms with Crippen LogP contribution in [0.5, 0.6) is 5.75 Å². The second kappa shape index (κ2) is 6.35. The van der Waals surface area contributed by atoms with Gasteiger partial charge >= 0.3 is 0 Å². The largest absolute Gasteiger partial charge is 0.512 e. The number of ketones is 2. The highest BCUT2D eigenvalue weighted by molar-refractivity contribution is 6.32. The molecule has 1 saturated carbocycles. The van der Waals surface area contributed by atoms with Gasteiger partial charge in [0.2, 0.25) is 0 Å². The van der Waals surface area contributed by atoms with Gasteiger partial charge in [0, 0.05) is 36.3 Å². The average molecular weight is 403 g/mol. The third-order valence-electron chi connectivity index (χ3n) is 6.35. The fourth-order valence-corrected chi connectivity index (χ4v) is 5.51. The molecule has 1 N–H and O–H groups in total. The number of aliphatic hydroxyl groups excluding tert-OH is 1. The zero-order chi connectivity index (χ0) is 20.4. The Balaban J connectivity index is 1.90. The predicted octanol–water partition coefficient (Wildman–Crippen LogP) is 5.39. The average Bonchev–Trinajstić information content (AvgIpc) is 2.52. The van der Waals surface area contributed by atoms with Crippen molar-refractivity contribution in [2.45, 2.75) is 65.4 Å². The van der Waals surface area contributed by atoms with Crippen LogP contribution < -0.4 is 4.74 Å². The van der Waals surface area contributed by atoms with Crippen molar-refractivity contribution in [3.63, 3.8) is 0 Å². The molecule has 0 aromatic heterocycles. The molecular formula is C23H27ClO4. The van der Waals surface area contributed by atoms with Crippen molar-refractivity contribution in [3.8, 4) is 5.75 Å². The summed E-state index contributed by atoms with van der Waals surface area (Å²) in [6.07, 6.45) is 1.59. The van der Waals surface area contributed by atoms with Crippen molar-refractivity contribution in [2.75, 3.05) is 0 Å². The molecule has 1 fully saturated rings. The van der Waals surface area contributed by atoms with E-state index in [2.05, 4.69) is 13.8 Å². The molecule has 1 aromatic rings. The number of carbonyl (C=O) groups is 2. The number of benzene rings is 1. The smallest absolute Gasteiger partial charge is 0.163 e. The van der Waals surface area contributed by atoms with Crippen LogP contribution in [0.1, 0.15) is 64.9 Å². The number of para-hydroxylation sites is 1. The minimum absolute atomic E-state index is 0.0806. The number of fused-ring (bicyclic) bond motifs is 2. The molecule has 1 aliphatic heterocycles. The van der Waals surface area contributed by atoms with Gasteiger partial charge in [-0.1, -0.05) is 51.4 Å². The molecule has 0 radical (unpaired) electrons. The van der Waals surface area contributed by atoms with E-state index in [0.29, 0.717) is 42.0 Å². The topological polar surface area (TPSA) is 63.6 Å². The van der Waals surface area contributed by atoms with E-state index in [0.717, 1.165) is 5.56 Å². The van der Waals surface area contributed by atoms with Crippen LogP contribution in [0.3, 0.4) is 0 Å². The van der Waals surface area contributed by atoms with Crippen LogP contribution in [0.2, 0.25) is 5.02 Å². The number of hydrogen-bond donors (Lipinski definition) is 1. The van der Waals surface area contributed by atoms with Crippen molar-refractivity contribution in [2.24, 2.45) is 16.7 Å². The molecule has 0 unspecified atom stereocenters. The number of hydrogen-bond acceptors (Lipinski definition) is 4. The van der Waals surface area contributed by atoms with Crippen molar-refractivity contribution >= 4 is 23.2 Å². The number of carbonyl (C=O) groups excluding carboxylic acids is 2. The summed E-state index contributed by atoms with van der Waals surface area (Å²) in [6.45, 7) is 8.08. The summed E-state index contributed by atoms with van der Waals surface area (Å²) in [6, 6.07) is 5.43. The maximum absolute atomic E-state index is 13.2. The summed E-state index contributed by atoms with van der Waals surface area (Å²) >= 11 is 6.43. The Morgan fingerprint density at radius 3 is 2.46 bits per heavy atom. The van der Waals surface area contributed by atoms with Gasteiger partial charge in [-0.25, -0.2) is 0 Å². The lowest BCUT2D eigenvalue weighted by Gasteiger charge is -2.47. The van der Waals surface area contributed by atoms with Gasteiger partial charge in [0.25, 0.3) is 0 Å². The van der Waals surface area contributed by atoms with Crippen molar-refractivity contribution in [1.82, 2.24) is 0 Å². The second-order valence-electron chi connectivity index (χ2n) is 10.1. The van der Waals surface area contributed by atoms with E-state index in [1.165, 1.54) is 0 Å². The molecule has 2 aliphatic carbocycles. The normalized spacial score (nSPS) is 31.1. The summed E-state index contributed by atoms with van der Waals surface area (Å²) in [7, 11) is 0. The fourth-order valence-electron chi connectivity index (χ4n) is 5.29. The first kappa shape index (κ1) is 19.5. The molecule has 0 saturated heterocycles. The Bertz CT molecular complexity index is 896. The number of allylic oxidation sites excluding steroid dienone is 2. The molecule has 5 heteroatoms. The van der Waals surface area contributed by atoms with Crippen LogP contribution in [0.4, 0.5) is 0 Å². The van der Waals surface area contributed by atoms with E-state index in [1.54, 1.807) is 6.07 Å². The summed E-state index contributed by atoms with van der Waals surface area (Å²) < 4.78 is 6.24. The minimum atomic E-state index is -0.500. The van der Waals surface area contributed by atoms with E-state index in [-0.39, 0.29) is 34.3 Å². The SMILES string of the molecule is CC1(C)CC(=O)C([C@@H]2c3cccc(Cl)c3O[C@@H]3CC(C)(C)CC(=O)[C@H]23)=C(O)C1. The molecule has 1 heterocycles. The molecule has 150 valence electrons. The summed E-state index contributed by atoms with van der Waals surface area (Å²) in [4.78, 5) is 26.3. The Labute approximate surface area is 170 Å². The molecule has 0 amide bonds. The van der Waals surface area contributed by atoms with Crippen molar-refractivity contribution in [1.29, 1.82) is 0 Å². The number of rotatable bonds is 1. The summed E-state index contributed by atoms with van der Waals surface area (Å²) in [5.41, 5.74) is 0.659. The van der Waals surface area contributed by atoms with Crippen molar-refractivity contribution < 1.29 is 19.4 Å². The molecule has 4 rings (SSSR count).